The number of ether oxygens (including phenoxy) is 2. The van der Waals surface area contributed by atoms with Gasteiger partial charge >= 0.3 is 5.97 Å². The molecule has 1 aliphatic heterocycles. The summed E-state index contributed by atoms with van der Waals surface area (Å²) in [6.45, 7) is 2.60. The molecule has 1 aromatic heterocycles. The molecule has 0 spiro atoms. The predicted molar refractivity (Wildman–Crippen MR) is 122 cm³/mol. The molecule has 1 aliphatic rings. The number of hydrogen-bond acceptors (Lipinski definition) is 8. The molecule has 3 aromatic rings. The summed E-state index contributed by atoms with van der Waals surface area (Å²) in [7, 11) is -3.65. The third-order valence-corrected chi connectivity index (χ3v) is 7.13. The minimum Gasteiger partial charge on any atom is -0.449 e. The third-order valence-electron chi connectivity index (χ3n) is 5.22. The first kappa shape index (κ1) is 23.6. The Labute approximate surface area is 195 Å². The molecule has 0 bridgehead atoms. The predicted octanol–water partition coefficient (Wildman–Crippen LogP) is 2.00. The molecule has 34 heavy (non-hydrogen) atoms. The summed E-state index contributed by atoms with van der Waals surface area (Å²) in [5.74, 6) is -1.92. The number of para-hydroxylation sites is 1. The first-order valence-electron chi connectivity index (χ1n) is 10.5. The van der Waals surface area contributed by atoms with Crippen molar-refractivity contribution in [1.82, 2.24) is 4.31 Å². The Kier molecular flexibility index (Phi) is 6.77. The van der Waals surface area contributed by atoms with Crippen molar-refractivity contribution < 1.29 is 31.9 Å². The van der Waals surface area contributed by atoms with Gasteiger partial charge in [0.25, 0.3) is 5.91 Å². The van der Waals surface area contributed by atoms with Gasteiger partial charge in [0, 0.05) is 24.8 Å². The lowest BCUT2D eigenvalue weighted by molar-refractivity contribution is -0.123. The van der Waals surface area contributed by atoms with Gasteiger partial charge in [0.05, 0.1) is 23.5 Å². The highest BCUT2D eigenvalue weighted by molar-refractivity contribution is 7.89. The van der Waals surface area contributed by atoms with Gasteiger partial charge < -0.3 is 19.2 Å². The fraction of sp³-hybridized carbons (Fsp3) is 0.261. The maximum atomic E-state index is 12.7. The number of rotatable bonds is 6. The van der Waals surface area contributed by atoms with Crippen LogP contribution in [0.4, 0.5) is 5.69 Å². The number of amides is 1. The van der Waals surface area contributed by atoms with E-state index < -0.39 is 33.4 Å². The number of nitrogens with zero attached hydrogens (tertiary/aromatic N) is 1. The summed E-state index contributed by atoms with van der Waals surface area (Å²) in [5, 5.41) is 2.88. The van der Waals surface area contributed by atoms with Gasteiger partial charge in [0.1, 0.15) is 5.58 Å². The SMILES string of the molecule is C[C@@H](OC(=O)c1cc(=O)c2ccccc2o1)C(=O)Nc1ccc(S(=O)(=O)N2CCOCC2)cc1. The molecular weight excluding hydrogens is 464 g/mol. The Hall–Kier alpha value is -3.54. The molecule has 178 valence electrons. The van der Waals surface area contributed by atoms with Crippen molar-refractivity contribution in [3.63, 3.8) is 0 Å². The monoisotopic (exact) mass is 486 g/mol. The van der Waals surface area contributed by atoms with Gasteiger partial charge in [-0.3, -0.25) is 9.59 Å². The summed E-state index contributed by atoms with van der Waals surface area (Å²) >= 11 is 0. The topological polar surface area (TPSA) is 132 Å². The van der Waals surface area contributed by atoms with E-state index in [9.17, 15) is 22.8 Å². The highest BCUT2D eigenvalue weighted by Crippen LogP contribution is 2.20. The highest BCUT2D eigenvalue weighted by Gasteiger charge is 2.26. The zero-order valence-electron chi connectivity index (χ0n) is 18.2. The second kappa shape index (κ2) is 9.75. The maximum Gasteiger partial charge on any atom is 0.375 e. The second-order valence-corrected chi connectivity index (χ2v) is 9.49. The molecule has 1 atom stereocenters. The molecule has 11 heteroatoms. The number of sulfonamides is 1. The number of morpholine rings is 1. The minimum atomic E-state index is -3.65. The molecule has 1 N–H and O–H groups in total. The van der Waals surface area contributed by atoms with E-state index in [4.69, 9.17) is 13.9 Å². The van der Waals surface area contributed by atoms with Crippen LogP contribution in [0.15, 0.2) is 68.7 Å². The van der Waals surface area contributed by atoms with Crippen molar-refractivity contribution in [1.29, 1.82) is 0 Å². The Morgan fingerprint density at radius 3 is 2.44 bits per heavy atom. The van der Waals surface area contributed by atoms with E-state index >= 15 is 0 Å². The maximum absolute atomic E-state index is 12.7. The minimum absolute atomic E-state index is 0.0956. The Bertz CT molecular complexity index is 1380. The van der Waals surface area contributed by atoms with E-state index in [1.807, 2.05) is 0 Å². The smallest absolute Gasteiger partial charge is 0.375 e. The summed E-state index contributed by atoms with van der Waals surface area (Å²) in [5.41, 5.74) is 0.148. The number of hydrogen-bond donors (Lipinski definition) is 1. The first-order chi connectivity index (χ1) is 16.3. The molecule has 0 saturated carbocycles. The van der Waals surface area contributed by atoms with Crippen molar-refractivity contribution in [3.05, 3.63) is 70.6 Å². The largest absolute Gasteiger partial charge is 0.449 e. The van der Waals surface area contributed by atoms with Gasteiger partial charge in [0.2, 0.25) is 15.8 Å². The van der Waals surface area contributed by atoms with Gasteiger partial charge in [-0.25, -0.2) is 13.2 Å². The van der Waals surface area contributed by atoms with Gasteiger partial charge in [-0.15, -0.1) is 0 Å². The van der Waals surface area contributed by atoms with Gasteiger partial charge in [-0.05, 0) is 43.3 Å². The van der Waals surface area contributed by atoms with Crippen LogP contribution < -0.4 is 10.7 Å². The van der Waals surface area contributed by atoms with Crippen LogP contribution >= 0.6 is 0 Å². The summed E-state index contributed by atoms with van der Waals surface area (Å²) < 4.78 is 42.5. The van der Waals surface area contributed by atoms with Crippen LogP contribution in [0.1, 0.15) is 17.5 Å². The summed E-state index contributed by atoms with van der Waals surface area (Å²) in [6, 6.07) is 13.1. The van der Waals surface area contributed by atoms with E-state index in [2.05, 4.69) is 5.32 Å². The molecular formula is C23H22N2O8S. The lowest BCUT2D eigenvalue weighted by Gasteiger charge is -2.26. The molecule has 1 fully saturated rings. The standard InChI is InChI=1S/C23H22N2O8S/c1-15(32-23(28)21-14-19(26)18-4-2-3-5-20(18)33-21)22(27)24-16-6-8-17(9-7-16)34(29,30)25-10-12-31-13-11-25/h2-9,14-15H,10-13H2,1H3,(H,24,27)/t15-/m1/s1. The summed E-state index contributed by atoms with van der Waals surface area (Å²) in [4.78, 5) is 37.1. The van der Waals surface area contributed by atoms with Gasteiger partial charge in [-0.1, -0.05) is 12.1 Å². The third kappa shape index (κ3) is 5.01. The van der Waals surface area contributed by atoms with Crippen LogP contribution in [0, 0.1) is 0 Å². The molecule has 1 amide bonds. The van der Waals surface area contributed by atoms with E-state index in [1.54, 1.807) is 24.3 Å². The molecule has 4 rings (SSSR count). The molecule has 2 heterocycles. The number of carbonyl (C=O) groups excluding carboxylic acids is 2. The van der Waals surface area contributed by atoms with Crippen molar-refractivity contribution in [2.24, 2.45) is 0 Å². The fourth-order valence-corrected chi connectivity index (χ4v) is 4.77. The van der Waals surface area contributed by atoms with Gasteiger partial charge in [0.15, 0.2) is 11.5 Å². The van der Waals surface area contributed by atoms with Crippen LogP contribution in [0.2, 0.25) is 0 Å². The van der Waals surface area contributed by atoms with Crippen molar-refractivity contribution in [2.45, 2.75) is 17.9 Å². The zero-order chi connectivity index (χ0) is 24.3. The average Bonchev–Trinajstić information content (AvgIpc) is 2.84. The molecule has 1 saturated heterocycles. The van der Waals surface area contributed by atoms with Crippen LogP contribution in [-0.2, 0) is 24.3 Å². The van der Waals surface area contributed by atoms with Crippen LogP contribution in [0.25, 0.3) is 11.0 Å². The quantitative estimate of drug-likeness (QED) is 0.523. The number of esters is 1. The Morgan fingerprint density at radius 1 is 1.06 bits per heavy atom. The number of anilines is 1. The second-order valence-electron chi connectivity index (χ2n) is 7.55. The normalized spacial score (nSPS) is 15.6. The van der Waals surface area contributed by atoms with Crippen LogP contribution in [0.5, 0.6) is 0 Å². The average molecular weight is 487 g/mol. The van der Waals surface area contributed by atoms with Crippen LogP contribution in [0.3, 0.4) is 0 Å². The zero-order valence-corrected chi connectivity index (χ0v) is 19.0. The highest BCUT2D eigenvalue weighted by atomic mass is 32.2. The molecule has 10 nitrogen and oxygen atoms in total. The molecule has 0 radical (unpaired) electrons. The molecule has 2 aromatic carbocycles. The van der Waals surface area contributed by atoms with E-state index in [1.165, 1.54) is 35.5 Å². The van der Waals surface area contributed by atoms with Crippen molar-refractivity contribution in [3.8, 4) is 0 Å². The molecule has 0 aliphatic carbocycles. The van der Waals surface area contributed by atoms with E-state index in [-0.39, 0.29) is 29.3 Å². The number of nitrogens with one attached hydrogen (secondary N) is 1. The number of carbonyl (C=O) groups is 2. The fourth-order valence-electron chi connectivity index (χ4n) is 3.37. The number of benzene rings is 2. The molecule has 0 unspecified atom stereocenters. The Morgan fingerprint density at radius 2 is 1.74 bits per heavy atom. The van der Waals surface area contributed by atoms with E-state index in [0.29, 0.717) is 24.3 Å². The lowest BCUT2D eigenvalue weighted by Crippen LogP contribution is -2.40. The lowest BCUT2D eigenvalue weighted by atomic mass is 10.2. The Balaban J connectivity index is 1.40. The van der Waals surface area contributed by atoms with Crippen LogP contribution in [-0.4, -0.2) is 57.0 Å². The summed E-state index contributed by atoms with van der Waals surface area (Å²) in [6.07, 6.45) is -1.21. The van der Waals surface area contributed by atoms with Crippen molar-refractivity contribution in [2.75, 3.05) is 31.6 Å². The van der Waals surface area contributed by atoms with E-state index in [0.717, 1.165) is 6.07 Å². The van der Waals surface area contributed by atoms with Crippen molar-refractivity contribution >= 4 is 38.6 Å². The first-order valence-corrected chi connectivity index (χ1v) is 11.9. The number of fused-ring (bicyclic) bond motifs is 1. The van der Waals surface area contributed by atoms with Gasteiger partial charge in [-0.2, -0.15) is 4.31 Å².